The maximum absolute atomic E-state index is 12.1. The number of hydrogen-bond donors (Lipinski definition) is 1. The highest BCUT2D eigenvalue weighted by Crippen LogP contribution is 2.36. The van der Waals surface area contributed by atoms with Crippen LogP contribution in [0.2, 0.25) is 0 Å². The van der Waals surface area contributed by atoms with Gasteiger partial charge in [0.15, 0.2) is 0 Å². The molecule has 0 radical (unpaired) electrons. The first-order valence-electron chi connectivity index (χ1n) is 6.05. The van der Waals surface area contributed by atoms with Gasteiger partial charge < -0.3 is 15.4 Å². The van der Waals surface area contributed by atoms with Crippen LogP contribution in [0.15, 0.2) is 24.3 Å². The Morgan fingerprint density at radius 2 is 2.18 bits per heavy atom. The molecule has 1 aromatic rings. The summed E-state index contributed by atoms with van der Waals surface area (Å²) in [7, 11) is 0. The van der Waals surface area contributed by atoms with Crippen LogP contribution in [-0.2, 0) is 4.79 Å². The van der Waals surface area contributed by atoms with Crippen molar-refractivity contribution < 1.29 is 9.53 Å². The molecule has 1 amide bonds. The standard InChI is InChI=1S/C13H16N2O2/c14-10-5-3-7-15(13(10)16)11-8-17-12-6-2-1-4-9(11)12/h1-2,4,6,10-11H,3,5,7-8,14H2. The van der Waals surface area contributed by atoms with Crippen LogP contribution in [0, 0.1) is 0 Å². The first kappa shape index (κ1) is 10.6. The number of benzene rings is 1. The molecule has 3 rings (SSSR count). The Hall–Kier alpha value is -1.55. The smallest absolute Gasteiger partial charge is 0.240 e. The summed E-state index contributed by atoms with van der Waals surface area (Å²) in [6.45, 7) is 1.34. The zero-order valence-electron chi connectivity index (χ0n) is 9.63. The molecule has 2 heterocycles. The average Bonchev–Trinajstić information content (AvgIpc) is 2.77. The molecule has 4 nitrogen and oxygen atoms in total. The second-order valence-electron chi connectivity index (χ2n) is 4.64. The van der Waals surface area contributed by atoms with Gasteiger partial charge in [0.2, 0.25) is 5.91 Å². The van der Waals surface area contributed by atoms with Crippen LogP contribution in [0.3, 0.4) is 0 Å². The van der Waals surface area contributed by atoms with E-state index < -0.39 is 0 Å². The molecule has 0 spiro atoms. The van der Waals surface area contributed by atoms with Gasteiger partial charge in [-0.25, -0.2) is 0 Å². The lowest BCUT2D eigenvalue weighted by Crippen LogP contribution is -2.50. The average molecular weight is 232 g/mol. The van der Waals surface area contributed by atoms with Crippen molar-refractivity contribution >= 4 is 5.91 Å². The molecule has 17 heavy (non-hydrogen) atoms. The number of ether oxygens (including phenoxy) is 1. The maximum atomic E-state index is 12.1. The fourth-order valence-corrected chi connectivity index (χ4v) is 2.64. The number of para-hydroxylation sites is 1. The van der Waals surface area contributed by atoms with Gasteiger partial charge >= 0.3 is 0 Å². The lowest BCUT2D eigenvalue weighted by molar-refractivity contribution is -0.137. The summed E-state index contributed by atoms with van der Waals surface area (Å²) in [6.07, 6.45) is 1.77. The van der Waals surface area contributed by atoms with Crippen molar-refractivity contribution in [3.63, 3.8) is 0 Å². The highest BCUT2D eigenvalue weighted by atomic mass is 16.5. The fraction of sp³-hybridized carbons (Fsp3) is 0.462. The zero-order chi connectivity index (χ0) is 11.8. The molecule has 1 aromatic carbocycles. The molecule has 4 heteroatoms. The van der Waals surface area contributed by atoms with Crippen molar-refractivity contribution in [3.8, 4) is 5.75 Å². The second kappa shape index (κ2) is 4.04. The minimum atomic E-state index is -0.337. The summed E-state index contributed by atoms with van der Waals surface area (Å²) in [5.41, 5.74) is 6.93. The Bertz CT molecular complexity index is 447. The van der Waals surface area contributed by atoms with Gasteiger partial charge in [0.25, 0.3) is 0 Å². The van der Waals surface area contributed by atoms with Crippen LogP contribution >= 0.6 is 0 Å². The van der Waals surface area contributed by atoms with Gasteiger partial charge in [-0.15, -0.1) is 0 Å². The first-order valence-corrected chi connectivity index (χ1v) is 6.05. The summed E-state index contributed by atoms with van der Waals surface area (Å²) in [5, 5.41) is 0. The monoisotopic (exact) mass is 232 g/mol. The van der Waals surface area contributed by atoms with Gasteiger partial charge in [-0.05, 0) is 18.9 Å². The van der Waals surface area contributed by atoms with E-state index in [9.17, 15) is 4.79 Å². The van der Waals surface area contributed by atoms with Crippen molar-refractivity contribution in [1.29, 1.82) is 0 Å². The predicted octanol–water partition coefficient (Wildman–Crippen LogP) is 1.07. The number of hydrogen-bond acceptors (Lipinski definition) is 3. The van der Waals surface area contributed by atoms with Gasteiger partial charge in [-0.3, -0.25) is 4.79 Å². The summed E-state index contributed by atoms with van der Waals surface area (Å²) < 4.78 is 5.61. The molecule has 1 saturated heterocycles. The van der Waals surface area contributed by atoms with Crippen molar-refractivity contribution in [3.05, 3.63) is 29.8 Å². The molecule has 90 valence electrons. The Morgan fingerprint density at radius 1 is 1.35 bits per heavy atom. The minimum absolute atomic E-state index is 0.0463. The second-order valence-corrected chi connectivity index (χ2v) is 4.64. The molecule has 0 bridgehead atoms. The predicted molar refractivity (Wildman–Crippen MR) is 63.6 cm³/mol. The number of fused-ring (bicyclic) bond motifs is 1. The number of likely N-dealkylation sites (tertiary alicyclic amines) is 1. The third kappa shape index (κ3) is 1.69. The molecule has 2 aliphatic heterocycles. The molecule has 2 aliphatic rings. The van der Waals surface area contributed by atoms with Gasteiger partial charge in [-0.1, -0.05) is 18.2 Å². The van der Waals surface area contributed by atoms with Crippen LogP contribution in [0.4, 0.5) is 0 Å². The number of carbonyl (C=O) groups excluding carboxylic acids is 1. The quantitative estimate of drug-likeness (QED) is 0.788. The summed E-state index contributed by atoms with van der Waals surface area (Å²) in [4.78, 5) is 13.9. The number of amides is 1. The molecule has 2 atom stereocenters. The van der Waals surface area contributed by atoms with E-state index >= 15 is 0 Å². The maximum Gasteiger partial charge on any atom is 0.240 e. The van der Waals surface area contributed by atoms with E-state index in [1.165, 1.54) is 0 Å². The molecule has 2 N–H and O–H groups in total. The van der Waals surface area contributed by atoms with E-state index in [1.54, 1.807) is 0 Å². The third-order valence-corrected chi connectivity index (χ3v) is 3.57. The number of nitrogens with zero attached hydrogens (tertiary/aromatic N) is 1. The molecular formula is C13H16N2O2. The van der Waals surface area contributed by atoms with E-state index in [4.69, 9.17) is 10.5 Å². The van der Waals surface area contributed by atoms with Gasteiger partial charge in [0, 0.05) is 12.1 Å². The Labute approximate surface area is 100 Å². The molecule has 2 unspecified atom stereocenters. The van der Waals surface area contributed by atoms with Crippen LogP contribution in [0.1, 0.15) is 24.4 Å². The van der Waals surface area contributed by atoms with E-state index in [1.807, 2.05) is 29.2 Å². The summed E-state index contributed by atoms with van der Waals surface area (Å²) >= 11 is 0. The van der Waals surface area contributed by atoms with Crippen molar-refractivity contribution in [1.82, 2.24) is 4.90 Å². The van der Waals surface area contributed by atoms with E-state index in [-0.39, 0.29) is 18.0 Å². The largest absolute Gasteiger partial charge is 0.491 e. The normalized spacial score (nSPS) is 27.8. The highest BCUT2D eigenvalue weighted by Gasteiger charge is 2.36. The molecule has 1 fully saturated rings. The molecule has 0 aliphatic carbocycles. The minimum Gasteiger partial charge on any atom is -0.491 e. The SMILES string of the molecule is NC1CCCN(C2COc3ccccc32)C1=O. The number of carbonyl (C=O) groups is 1. The van der Waals surface area contributed by atoms with Crippen molar-refractivity contribution in [2.45, 2.75) is 24.9 Å². The lowest BCUT2D eigenvalue weighted by Gasteiger charge is -2.34. The topological polar surface area (TPSA) is 55.6 Å². The Kier molecular flexibility index (Phi) is 2.52. The Balaban J connectivity index is 1.89. The molecule has 0 aromatic heterocycles. The number of nitrogens with two attached hydrogens (primary N) is 1. The van der Waals surface area contributed by atoms with Crippen LogP contribution in [0.5, 0.6) is 5.75 Å². The van der Waals surface area contributed by atoms with Crippen LogP contribution < -0.4 is 10.5 Å². The first-order chi connectivity index (χ1) is 8.27. The highest BCUT2D eigenvalue weighted by molar-refractivity contribution is 5.83. The summed E-state index contributed by atoms with van der Waals surface area (Å²) in [6, 6.07) is 7.62. The lowest BCUT2D eigenvalue weighted by atomic mass is 10.0. The summed E-state index contributed by atoms with van der Waals surface area (Å²) in [5.74, 6) is 0.950. The Morgan fingerprint density at radius 3 is 3.06 bits per heavy atom. The molecule has 0 saturated carbocycles. The number of piperidine rings is 1. The van der Waals surface area contributed by atoms with Crippen LogP contribution in [-0.4, -0.2) is 30.0 Å². The van der Waals surface area contributed by atoms with E-state index in [2.05, 4.69) is 0 Å². The van der Waals surface area contributed by atoms with Gasteiger partial charge in [0.05, 0.1) is 12.1 Å². The fourth-order valence-electron chi connectivity index (χ4n) is 2.64. The zero-order valence-corrected chi connectivity index (χ0v) is 9.63. The number of rotatable bonds is 1. The molecular weight excluding hydrogens is 216 g/mol. The van der Waals surface area contributed by atoms with Gasteiger partial charge in [0.1, 0.15) is 12.4 Å². The van der Waals surface area contributed by atoms with Gasteiger partial charge in [-0.2, -0.15) is 0 Å². The van der Waals surface area contributed by atoms with E-state index in [0.717, 1.165) is 30.7 Å². The van der Waals surface area contributed by atoms with Crippen molar-refractivity contribution in [2.24, 2.45) is 5.73 Å². The third-order valence-electron chi connectivity index (χ3n) is 3.57. The van der Waals surface area contributed by atoms with E-state index in [0.29, 0.717) is 6.61 Å². The van der Waals surface area contributed by atoms with Crippen LogP contribution in [0.25, 0.3) is 0 Å². The van der Waals surface area contributed by atoms with Crippen molar-refractivity contribution in [2.75, 3.05) is 13.2 Å².